The van der Waals surface area contributed by atoms with Crippen molar-refractivity contribution in [3.8, 4) is 0 Å². The van der Waals surface area contributed by atoms with Crippen LogP contribution in [0.5, 0.6) is 0 Å². The minimum atomic E-state index is -0.102. The van der Waals surface area contributed by atoms with E-state index >= 15 is 0 Å². The van der Waals surface area contributed by atoms with Crippen molar-refractivity contribution >= 4 is 0 Å². The molecule has 0 aliphatic heterocycles. The largest absolute Gasteiger partial charge is 0.392 e. The van der Waals surface area contributed by atoms with E-state index in [1.807, 2.05) is 45.0 Å². The van der Waals surface area contributed by atoms with E-state index in [2.05, 4.69) is 0 Å². The Morgan fingerprint density at radius 1 is 1.07 bits per heavy atom. The predicted octanol–water partition coefficient (Wildman–Crippen LogP) is 2.49. The summed E-state index contributed by atoms with van der Waals surface area (Å²) in [5.74, 6) is 0. The molecule has 2 heteroatoms. The maximum absolute atomic E-state index is 8.86. The van der Waals surface area contributed by atoms with E-state index in [0.717, 1.165) is 11.1 Å². The topological polar surface area (TPSA) is 29.5 Å². The number of ether oxygens (including phenoxy) is 1. The molecule has 14 heavy (non-hydrogen) atoms. The molecule has 0 aliphatic rings. The lowest BCUT2D eigenvalue weighted by Gasteiger charge is -2.19. The van der Waals surface area contributed by atoms with Gasteiger partial charge in [-0.1, -0.05) is 24.3 Å². The van der Waals surface area contributed by atoms with Gasteiger partial charge in [0.05, 0.1) is 18.8 Å². The quantitative estimate of drug-likeness (QED) is 0.801. The summed E-state index contributed by atoms with van der Waals surface area (Å²) in [6, 6.07) is 7.80. The highest BCUT2D eigenvalue weighted by Crippen LogP contribution is 2.12. The smallest absolute Gasteiger partial charge is 0.0724 e. The van der Waals surface area contributed by atoms with Gasteiger partial charge in [0.25, 0.3) is 0 Å². The number of rotatable bonds is 3. The summed E-state index contributed by atoms with van der Waals surface area (Å²) in [6.45, 7) is 6.83. The first-order valence-corrected chi connectivity index (χ1v) is 4.84. The number of aliphatic hydroxyl groups excluding tert-OH is 1. The molecule has 0 heterocycles. The zero-order valence-corrected chi connectivity index (χ0v) is 9.08. The Balaban J connectivity index is 2.52. The SMILES string of the molecule is CC(C)(C)OCc1ccc(CO)cc1. The van der Waals surface area contributed by atoms with Gasteiger partial charge in [-0.3, -0.25) is 0 Å². The molecule has 0 amide bonds. The van der Waals surface area contributed by atoms with Crippen molar-refractivity contribution in [1.82, 2.24) is 0 Å². The van der Waals surface area contributed by atoms with Crippen molar-refractivity contribution in [1.29, 1.82) is 0 Å². The van der Waals surface area contributed by atoms with Crippen molar-refractivity contribution in [3.63, 3.8) is 0 Å². The summed E-state index contributed by atoms with van der Waals surface area (Å²) >= 11 is 0. The number of hydrogen-bond acceptors (Lipinski definition) is 2. The first kappa shape index (κ1) is 11.2. The van der Waals surface area contributed by atoms with Gasteiger partial charge in [-0.2, -0.15) is 0 Å². The van der Waals surface area contributed by atoms with Gasteiger partial charge in [0.2, 0.25) is 0 Å². The van der Waals surface area contributed by atoms with E-state index in [1.54, 1.807) is 0 Å². The molecular weight excluding hydrogens is 176 g/mol. The maximum atomic E-state index is 8.86. The molecule has 0 radical (unpaired) electrons. The van der Waals surface area contributed by atoms with E-state index in [4.69, 9.17) is 9.84 Å². The van der Waals surface area contributed by atoms with Crippen LogP contribution in [0.3, 0.4) is 0 Å². The standard InChI is InChI=1S/C12H18O2/c1-12(2,3)14-9-11-6-4-10(8-13)5-7-11/h4-7,13H,8-9H2,1-3H3. The third kappa shape index (κ3) is 3.90. The molecule has 1 N–H and O–H groups in total. The molecule has 0 spiro atoms. The Bertz CT molecular complexity index is 269. The van der Waals surface area contributed by atoms with Gasteiger partial charge >= 0.3 is 0 Å². The Morgan fingerprint density at radius 2 is 1.57 bits per heavy atom. The van der Waals surface area contributed by atoms with Gasteiger partial charge in [0, 0.05) is 0 Å². The summed E-state index contributed by atoms with van der Waals surface area (Å²) in [5.41, 5.74) is 1.97. The van der Waals surface area contributed by atoms with Crippen molar-refractivity contribution < 1.29 is 9.84 Å². The molecule has 0 fully saturated rings. The first-order valence-electron chi connectivity index (χ1n) is 4.84. The predicted molar refractivity (Wildman–Crippen MR) is 56.9 cm³/mol. The van der Waals surface area contributed by atoms with E-state index in [9.17, 15) is 0 Å². The third-order valence-electron chi connectivity index (χ3n) is 1.88. The van der Waals surface area contributed by atoms with Crippen LogP contribution in [0.1, 0.15) is 31.9 Å². The van der Waals surface area contributed by atoms with Crippen molar-refractivity contribution in [3.05, 3.63) is 35.4 Å². The van der Waals surface area contributed by atoms with E-state index in [1.165, 1.54) is 0 Å². The molecule has 0 saturated heterocycles. The minimum absolute atomic E-state index is 0.0976. The molecule has 1 aromatic carbocycles. The average molecular weight is 194 g/mol. The summed E-state index contributed by atoms with van der Waals surface area (Å²) in [6.07, 6.45) is 0. The molecular formula is C12H18O2. The van der Waals surface area contributed by atoms with E-state index in [0.29, 0.717) is 6.61 Å². The summed E-state index contributed by atoms with van der Waals surface area (Å²) < 4.78 is 5.63. The fourth-order valence-electron chi connectivity index (χ4n) is 1.04. The van der Waals surface area contributed by atoms with Crippen LogP contribution >= 0.6 is 0 Å². The van der Waals surface area contributed by atoms with Gasteiger partial charge in [0.1, 0.15) is 0 Å². The highest BCUT2D eigenvalue weighted by atomic mass is 16.5. The highest BCUT2D eigenvalue weighted by molar-refractivity contribution is 5.21. The van der Waals surface area contributed by atoms with Crippen LogP contribution < -0.4 is 0 Å². The van der Waals surface area contributed by atoms with Crippen LogP contribution in [0.25, 0.3) is 0 Å². The molecule has 0 bridgehead atoms. The highest BCUT2D eigenvalue weighted by Gasteiger charge is 2.09. The van der Waals surface area contributed by atoms with Gasteiger partial charge in [0.15, 0.2) is 0 Å². The third-order valence-corrected chi connectivity index (χ3v) is 1.88. The Hall–Kier alpha value is -0.860. The fraction of sp³-hybridized carbons (Fsp3) is 0.500. The minimum Gasteiger partial charge on any atom is -0.392 e. The maximum Gasteiger partial charge on any atom is 0.0724 e. The summed E-state index contributed by atoms with van der Waals surface area (Å²) in [5, 5.41) is 8.86. The monoisotopic (exact) mass is 194 g/mol. The normalized spacial score (nSPS) is 11.7. The van der Waals surface area contributed by atoms with Gasteiger partial charge in [-0.05, 0) is 31.9 Å². The Morgan fingerprint density at radius 3 is 2.00 bits per heavy atom. The lowest BCUT2D eigenvalue weighted by atomic mass is 10.1. The zero-order chi connectivity index (χ0) is 10.6. The number of hydrogen-bond donors (Lipinski definition) is 1. The fourth-order valence-corrected chi connectivity index (χ4v) is 1.04. The van der Waals surface area contributed by atoms with Gasteiger partial charge in [-0.15, -0.1) is 0 Å². The van der Waals surface area contributed by atoms with E-state index in [-0.39, 0.29) is 12.2 Å². The molecule has 1 aromatic rings. The average Bonchev–Trinajstić information content (AvgIpc) is 2.14. The molecule has 1 rings (SSSR count). The second-order valence-electron chi connectivity index (χ2n) is 4.38. The van der Waals surface area contributed by atoms with Gasteiger partial charge in [-0.25, -0.2) is 0 Å². The molecule has 0 atom stereocenters. The Kier molecular flexibility index (Phi) is 3.67. The van der Waals surface area contributed by atoms with Crippen LogP contribution in [0.2, 0.25) is 0 Å². The van der Waals surface area contributed by atoms with Gasteiger partial charge < -0.3 is 9.84 Å². The molecule has 0 saturated carbocycles. The van der Waals surface area contributed by atoms with Crippen molar-refractivity contribution in [2.24, 2.45) is 0 Å². The van der Waals surface area contributed by atoms with Crippen LogP contribution in [0.4, 0.5) is 0 Å². The second kappa shape index (κ2) is 4.58. The number of aliphatic hydroxyl groups is 1. The first-order chi connectivity index (χ1) is 6.51. The van der Waals surface area contributed by atoms with Crippen LogP contribution in [-0.4, -0.2) is 10.7 Å². The van der Waals surface area contributed by atoms with Crippen LogP contribution in [0.15, 0.2) is 24.3 Å². The lowest BCUT2D eigenvalue weighted by molar-refractivity contribution is -0.0149. The lowest BCUT2D eigenvalue weighted by Crippen LogP contribution is -2.18. The second-order valence-corrected chi connectivity index (χ2v) is 4.38. The summed E-state index contributed by atoms with van der Waals surface area (Å²) in [4.78, 5) is 0. The molecule has 0 aliphatic carbocycles. The molecule has 2 nitrogen and oxygen atoms in total. The molecule has 0 unspecified atom stereocenters. The Labute approximate surface area is 85.5 Å². The zero-order valence-electron chi connectivity index (χ0n) is 9.08. The van der Waals surface area contributed by atoms with Crippen molar-refractivity contribution in [2.75, 3.05) is 0 Å². The van der Waals surface area contributed by atoms with Crippen LogP contribution in [0, 0.1) is 0 Å². The summed E-state index contributed by atoms with van der Waals surface area (Å²) in [7, 11) is 0. The van der Waals surface area contributed by atoms with Crippen LogP contribution in [-0.2, 0) is 18.0 Å². The van der Waals surface area contributed by atoms with Crippen molar-refractivity contribution in [2.45, 2.75) is 39.6 Å². The number of benzene rings is 1. The van der Waals surface area contributed by atoms with E-state index < -0.39 is 0 Å². The molecule has 78 valence electrons. The molecule has 0 aromatic heterocycles.